The molecule has 1 aromatic carbocycles. The highest BCUT2D eigenvalue weighted by molar-refractivity contribution is 6.20. The van der Waals surface area contributed by atoms with Gasteiger partial charge in [0.1, 0.15) is 0 Å². The fourth-order valence-electron chi connectivity index (χ4n) is 1.79. The van der Waals surface area contributed by atoms with Crippen LogP contribution >= 0.6 is 11.6 Å². The summed E-state index contributed by atoms with van der Waals surface area (Å²) >= 11 is 6.38. The van der Waals surface area contributed by atoms with E-state index < -0.39 is 0 Å². The predicted octanol–water partition coefficient (Wildman–Crippen LogP) is 4.58. The molecule has 84 valence electrons. The zero-order chi connectivity index (χ0) is 11.3. The molecule has 2 atom stereocenters. The van der Waals surface area contributed by atoms with E-state index in [1.54, 1.807) is 0 Å². The van der Waals surface area contributed by atoms with Crippen LogP contribution in [0.5, 0.6) is 0 Å². The maximum Gasteiger partial charge on any atom is 0.0401 e. The molecule has 1 heteroatoms. The van der Waals surface area contributed by atoms with Crippen molar-refractivity contribution in [2.45, 2.75) is 45.4 Å². The molecule has 2 unspecified atom stereocenters. The molecule has 1 aromatic rings. The Morgan fingerprint density at radius 3 is 2.33 bits per heavy atom. The first-order valence-electron chi connectivity index (χ1n) is 5.83. The Morgan fingerprint density at radius 2 is 1.80 bits per heavy atom. The summed E-state index contributed by atoms with van der Waals surface area (Å²) in [6, 6.07) is 8.68. The van der Waals surface area contributed by atoms with Crippen LogP contribution in [-0.2, 0) is 6.42 Å². The quantitative estimate of drug-likeness (QED) is 0.643. The molecule has 0 spiro atoms. The van der Waals surface area contributed by atoms with Crippen LogP contribution in [0.25, 0.3) is 0 Å². The second-order valence-electron chi connectivity index (χ2n) is 4.47. The highest BCUT2D eigenvalue weighted by Gasteiger charge is 2.13. The van der Waals surface area contributed by atoms with E-state index >= 15 is 0 Å². The number of aryl methyl sites for hydroxylation is 1. The van der Waals surface area contributed by atoms with Gasteiger partial charge in [-0.3, -0.25) is 0 Å². The van der Waals surface area contributed by atoms with Gasteiger partial charge in [0.2, 0.25) is 0 Å². The standard InChI is InChI=1S/C14H21Cl/c1-4-5-12(3)14(15)10-13-8-6-11(2)7-9-13/h6-9,12,14H,4-5,10H2,1-3H3. The fourth-order valence-corrected chi connectivity index (χ4v) is 2.09. The molecule has 0 amide bonds. The van der Waals surface area contributed by atoms with Crippen molar-refractivity contribution >= 4 is 11.6 Å². The molecule has 0 aliphatic rings. The van der Waals surface area contributed by atoms with Crippen LogP contribution < -0.4 is 0 Å². The van der Waals surface area contributed by atoms with Crippen molar-refractivity contribution in [3.05, 3.63) is 35.4 Å². The Kier molecular flexibility index (Phi) is 5.17. The topological polar surface area (TPSA) is 0 Å². The normalized spacial score (nSPS) is 14.9. The number of halogens is 1. The first-order chi connectivity index (χ1) is 7.13. The SMILES string of the molecule is CCCC(C)C(Cl)Cc1ccc(C)cc1. The molecule has 0 heterocycles. The van der Waals surface area contributed by atoms with Crippen molar-refractivity contribution in [2.24, 2.45) is 5.92 Å². The molecule has 0 aliphatic carbocycles. The van der Waals surface area contributed by atoms with E-state index in [0.717, 1.165) is 6.42 Å². The van der Waals surface area contributed by atoms with Crippen molar-refractivity contribution in [3.8, 4) is 0 Å². The van der Waals surface area contributed by atoms with Crippen molar-refractivity contribution in [2.75, 3.05) is 0 Å². The predicted molar refractivity (Wildman–Crippen MR) is 68.6 cm³/mol. The molecular weight excluding hydrogens is 204 g/mol. The molecule has 15 heavy (non-hydrogen) atoms. The van der Waals surface area contributed by atoms with E-state index in [0.29, 0.717) is 5.92 Å². The Hall–Kier alpha value is -0.490. The molecule has 0 radical (unpaired) electrons. The van der Waals surface area contributed by atoms with E-state index in [1.165, 1.54) is 24.0 Å². The summed E-state index contributed by atoms with van der Waals surface area (Å²) in [5.41, 5.74) is 2.66. The molecule has 0 nitrogen and oxygen atoms in total. The third-order valence-electron chi connectivity index (χ3n) is 2.91. The van der Waals surface area contributed by atoms with Gasteiger partial charge >= 0.3 is 0 Å². The first-order valence-corrected chi connectivity index (χ1v) is 6.26. The summed E-state index contributed by atoms with van der Waals surface area (Å²) in [5, 5.41) is 0.271. The molecule has 0 bridgehead atoms. The molecule has 0 fully saturated rings. The summed E-state index contributed by atoms with van der Waals surface area (Å²) in [7, 11) is 0. The van der Waals surface area contributed by atoms with Gasteiger partial charge in [0.15, 0.2) is 0 Å². The van der Waals surface area contributed by atoms with Crippen LogP contribution in [0.4, 0.5) is 0 Å². The number of alkyl halides is 1. The van der Waals surface area contributed by atoms with Crippen molar-refractivity contribution in [1.82, 2.24) is 0 Å². The Bertz CT molecular complexity index is 276. The van der Waals surface area contributed by atoms with E-state index in [4.69, 9.17) is 11.6 Å². The van der Waals surface area contributed by atoms with Gasteiger partial charge in [0.05, 0.1) is 0 Å². The van der Waals surface area contributed by atoms with Crippen LogP contribution in [0.3, 0.4) is 0 Å². The van der Waals surface area contributed by atoms with Crippen molar-refractivity contribution in [1.29, 1.82) is 0 Å². The monoisotopic (exact) mass is 224 g/mol. The zero-order valence-electron chi connectivity index (χ0n) is 9.96. The van der Waals surface area contributed by atoms with Crippen LogP contribution in [-0.4, -0.2) is 5.38 Å². The van der Waals surface area contributed by atoms with Crippen molar-refractivity contribution in [3.63, 3.8) is 0 Å². The minimum atomic E-state index is 0.271. The maximum absolute atomic E-state index is 6.38. The Morgan fingerprint density at radius 1 is 1.20 bits per heavy atom. The third-order valence-corrected chi connectivity index (χ3v) is 3.50. The summed E-state index contributed by atoms with van der Waals surface area (Å²) in [6.45, 7) is 6.57. The number of benzene rings is 1. The van der Waals surface area contributed by atoms with Crippen molar-refractivity contribution < 1.29 is 0 Å². The van der Waals surface area contributed by atoms with Crippen LogP contribution in [0.15, 0.2) is 24.3 Å². The van der Waals surface area contributed by atoms with Gasteiger partial charge in [-0.1, -0.05) is 50.1 Å². The van der Waals surface area contributed by atoms with Crippen LogP contribution in [0.2, 0.25) is 0 Å². The highest BCUT2D eigenvalue weighted by Crippen LogP contribution is 2.20. The molecule has 0 N–H and O–H groups in total. The lowest BCUT2D eigenvalue weighted by molar-refractivity contribution is 0.494. The van der Waals surface area contributed by atoms with E-state index in [2.05, 4.69) is 45.0 Å². The van der Waals surface area contributed by atoms with E-state index in [1.807, 2.05) is 0 Å². The third kappa shape index (κ3) is 4.25. The minimum Gasteiger partial charge on any atom is -0.122 e. The first kappa shape index (κ1) is 12.6. The second-order valence-corrected chi connectivity index (χ2v) is 5.03. The average molecular weight is 225 g/mol. The zero-order valence-corrected chi connectivity index (χ0v) is 10.7. The summed E-state index contributed by atoms with van der Waals surface area (Å²) in [4.78, 5) is 0. The second kappa shape index (κ2) is 6.17. The van der Waals surface area contributed by atoms with Gasteiger partial charge in [0, 0.05) is 5.38 Å². The van der Waals surface area contributed by atoms with E-state index in [-0.39, 0.29) is 5.38 Å². The van der Waals surface area contributed by atoms with Gasteiger partial charge in [-0.05, 0) is 31.2 Å². The minimum absolute atomic E-state index is 0.271. The van der Waals surface area contributed by atoms with Gasteiger partial charge in [-0.15, -0.1) is 11.6 Å². The lowest BCUT2D eigenvalue weighted by atomic mass is 9.96. The molecular formula is C14H21Cl. The van der Waals surface area contributed by atoms with Crippen LogP contribution in [0, 0.1) is 12.8 Å². The number of hydrogen-bond donors (Lipinski definition) is 0. The van der Waals surface area contributed by atoms with Gasteiger partial charge in [-0.2, -0.15) is 0 Å². The molecule has 0 saturated heterocycles. The Labute approximate surface area is 98.7 Å². The smallest absolute Gasteiger partial charge is 0.0401 e. The van der Waals surface area contributed by atoms with Gasteiger partial charge < -0.3 is 0 Å². The summed E-state index contributed by atoms with van der Waals surface area (Å²) in [5.74, 6) is 0.609. The molecule has 1 rings (SSSR count). The van der Waals surface area contributed by atoms with Gasteiger partial charge in [0.25, 0.3) is 0 Å². The lowest BCUT2D eigenvalue weighted by Gasteiger charge is -2.17. The number of hydrogen-bond acceptors (Lipinski definition) is 0. The Balaban J connectivity index is 2.50. The van der Waals surface area contributed by atoms with Crippen LogP contribution in [0.1, 0.15) is 37.8 Å². The molecule has 0 aliphatic heterocycles. The maximum atomic E-state index is 6.38. The average Bonchev–Trinajstić information content (AvgIpc) is 2.22. The summed E-state index contributed by atoms with van der Waals surface area (Å²) < 4.78 is 0. The van der Waals surface area contributed by atoms with E-state index in [9.17, 15) is 0 Å². The molecule has 0 aromatic heterocycles. The molecule has 0 saturated carbocycles. The van der Waals surface area contributed by atoms with Gasteiger partial charge in [-0.25, -0.2) is 0 Å². The fraction of sp³-hybridized carbons (Fsp3) is 0.571. The largest absolute Gasteiger partial charge is 0.122 e. The number of rotatable bonds is 5. The summed E-state index contributed by atoms with van der Waals surface area (Å²) in [6.07, 6.45) is 3.43. The lowest BCUT2D eigenvalue weighted by Crippen LogP contribution is -2.14. The highest BCUT2D eigenvalue weighted by atomic mass is 35.5.